The second-order valence-corrected chi connectivity index (χ2v) is 8.19. The van der Waals surface area contributed by atoms with Gasteiger partial charge in [0, 0.05) is 11.3 Å². The smallest absolute Gasteiger partial charge is 0.123 e. The molecule has 1 aliphatic carbocycles. The van der Waals surface area contributed by atoms with Crippen molar-refractivity contribution >= 4 is 12.6 Å². The van der Waals surface area contributed by atoms with E-state index in [2.05, 4.69) is 46.0 Å². The Morgan fingerprint density at radius 3 is 1.62 bits per heavy atom. The Morgan fingerprint density at radius 1 is 0.923 bits per heavy atom. The zero-order chi connectivity index (χ0) is 20.0. The molecule has 1 aliphatic rings. The molecule has 0 atom stereocenters. The van der Waals surface area contributed by atoms with E-state index >= 15 is 0 Å². The number of phenolic OH excluding ortho intramolecular Hbond substituents is 1. The van der Waals surface area contributed by atoms with E-state index in [9.17, 15) is 5.11 Å². The monoisotopic (exact) mass is 378 g/mol. The zero-order valence-electron chi connectivity index (χ0n) is 17.9. The summed E-state index contributed by atoms with van der Waals surface area (Å²) in [5.74, 6) is 0.919. The van der Waals surface area contributed by atoms with Gasteiger partial charge in [-0.2, -0.15) is 12.6 Å². The van der Waals surface area contributed by atoms with E-state index in [0.717, 1.165) is 11.1 Å². The van der Waals surface area contributed by atoms with Gasteiger partial charge < -0.3 is 5.11 Å². The van der Waals surface area contributed by atoms with E-state index in [4.69, 9.17) is 0 Å². The summed E-state index contributed by atoms with van der Waals surface area (Å²) in [6.45, 7) is 14.2. The first-order chi connectivity index (χ1) is 12.4. The highest BCUT2D eigenvalue weighted by molar-refractivity contribution is 7.79. The molecule has 0 aliphatic heterocycles. The number of hydrogen-bond donors (Lipinski definition) is 2. The van der Waals surface area contributed by atoms with Gasteiger partial charge in [-0.25, -0.2) is 0 Å². The minimum atomic E-state index is 0.0846. The van der Waals surface area contributed by atoms with Gasteiger partial charge >= 0.3 is 0 Å². The summed E-state index contributed by atoms with van der Waals surface area (Å²) in [5, 5.41) is 10.0. The third kappa shape index (κ3) is 9.71. The molecule has 1 fully saturated rings. The average Bonchev–Trinajstić information content (AvgIpc) is 2.57. The summed E-state index contributed by atoms with van der Waals surface area (Å²) in [6, 6.07) is 4.10. The summed E-state index contributed by atoms with van der Waals surface area (Å²) in [7, 11) is 0. The van der Waals surface area contributed by atoms with Gasteiger partial charge in [-0.1, -0.05) is 104 Å². The van der Waals surface area contributed by atoms with Crippen LogP contribution in [0.1, 0.15) is 103 Å². The second kappa shape index (κ2) is 14.2. The quantitative estimate of drug-likeness (QED) is 0.403. The predicted molar refractivity (Wildman–Crippen MR) is 122 cm³/mol. The molecule has 0 amide bonds. The molecule has 0 aromatic heterocycles. The molecular formula is C24H42OS. The number of phenols is 1. The molecule has 0 bridgehead atoms. The van der Waals surface area contributed by atoms with Crippen molar-refractivity contribution in [1.29, 1.82) is 0 Å². The number of aromatic hydroxyl groups is 1. The maximum absolute atomic E-state index is 10.0. The number of hydrogen-bond acceptors (Lipinski definition) is 2. The molecule has 1 aromatic carbocycles. The first-order valence-corrected chi connectivity index (χ1v) is 11.1. The van der Waals surface area contributed by atoms with Crippen molar-refractivity contribution in [1.82, 2.24) is 0 Å². The largest absolute Gasteiger partial charge is 0.507 e. The molecule has 150 valence electrons. The van der Waals surface area contributed by atoms with Gasteiger partial charge in [0.25, 0.3) is 0 Å². The van der Waals surface area contributed by atoms with Gasteiger partial charge in [0.1, 0.15) is 5.75 Å². The highest BCUT2D eigenvalue weighted by Crippen LogP contribution is 2.32. The SMILES string of the molecule is C1CCCCCCC1.C=CCc1cc(C(C)(C)C)cc(CS)c1O.CC. The third-order valence-corrected chi connectivity index (χ3v) is 5.01. The molecule has 1 saturated carbocycles. The van der Waals surface area contributed by atoms with Gasteiger partial charge in [0.2, 0.25) is 0 Å². The molecule has 0 saturated heterocycles. The first-order valence-electron chi connectivity index (χ1n) is 10.5. The van der Waals surface area contributed by atoms with Crippen molar-refractivity contribution in [2.75, 3.05) is 0 Å². The van der Waals surface area contributed by atoms with E-state index in [0.29, 0.717) is 17.9 Å². The van der Waals surface area contributed by atoms with Gasteiger partial charge in [-0.05, 0) is 23.0 Å². The lowest BCUT2D eigenvalue weighted by Gasteiger charge is -2.22. The molecule has 2 rings (SSSR count). The Bertz CT molecular complexity index is 476. The highest BCUT2D eigenvalue weighted by Gasteiger charge is 2.17. The molecule has 0 unspecified atom stereocenters. The van der Waals surface area contributed by atoms with E-state index in [-0.39, 0.29) is 5.41 Å². The van der Waals surface area contributed by atoms with Crippen LogP contribution in [0.25, 0.3) is 0 Å². The Kier molecular flexibility index (Phi) is 13.7. The number of thiol groups is 1. The molecule has 1 N–H and O–H groups in total. The van der Waals surface area contributed by atoms with Gasteiger partial charge in [0.05, 0.1) is 0 Å². The summed E-state index contributed by atoms with van der Waals surface area (Å²) < 4.78 is 0. The van der Waals surface area contributed by atoms with Crippen molar-refractivity contribution in [3.8, 4) is 5.75 Å². The predicted octanol–water partition coefficient (Wildman–Crippen LogP) is 8.00. The molecule has 1 nitrogen and oxygen atoms in total. The molecule has 0 radical (unpaired) electrons. The van der Waals surface area contributed by atoms with Crippen molar-refractivity contribution in [3.05, 3.63) is 41.5 Å². The lowest BCUT2D eigenvalue weighted by atomic mass is 9.84. The van der Waals surface area contributed by atoms with E-state index in [1.54, 1.807) is 0 Å². The first kappa shape index (κ1) is 25.1. The zero-order valence-corrected chi connectivity index (χ0v) is 18.8. The average molecular weight is 379 g/mol. The van der Waals surface area contributed by atoms with Crippen LogP contribution in [0.5, 0.6) is 5.75 Å². The lowest BCUT2D eigenvalue weighted by molar-refractivity contribution is 0.463. The third-order valence-electron chi connectivity index (χ3n) is 4.67. The van der Waals surface area contributed by atoms with Crippen molar-refractivity contribution < 1.29 is 5.11 Å². The van der Waals surface area contributed by atoms with Crippen LogP contribution in [0.4, 0.5) is 0 Å². The molecule has 0 heterocycles. The van der Waals surface area contributed by atoms with E-state index in [1.165, 1.54) is 56.9 Å². The minimum absolute atomic E-state index is 0.0846. The molecule has 1 aromatic rings. The fourth-order valence-corrected chi connectivity index (χ4v) is 3.28. The van der Waals surface area contributed by atoms with E-state index < -0.39 is 0 Å². The van der Waals surface area contributed by atoms with Crippen LogP contribution in [0.3, 0.4) is 0 Å². The maximum Gasteiger partial charge on any atom is 0.123 e. The van der Waals surface area contributed by atoms with Gasteiger partial charge in [0.15, 0.2) is 0 Å². The van der Waals surface area contributed by atoms with Crippen LogP contribution >= 0.6 is 12.6 Å². The molecule has 0 spiro atoms. The normalized spacial score (nSPS) is 14.7. The number of rotatable bonds is 3. The van der Waals surface area contributed by atoms with Gasteiger partial charge in [-0.15, -0.1) is 6.58 Å². The number of benzene rings is 1. The van der Waals surface area contributed by atoms with E-state index in [1.807, 2.05) is 26.0 Å². The van der Waals surface area contributed by atoms with Crippen LogP contribution in [-0.4, -0.2) is 5.11 Å². The van der Waals surface area contributed by atoms with Crippen LogP contribution in [0, 0.1) is 0 Å². The lowest BCUT2D eigenvalue weighted by Crippen LogP contribution is -2.12. The number of allylic oxidation sites excluding steroid dienone is 1. The van der Waals surface area contributed by atoms with Crippen LogP contribution < -0.4 is 0 Å². The fraction of sp³-hybridized carbons (Fsp3) is 0.667. The summed E-state index contributed by atoms with van der Waals surface area (Å²) in [6.07, 6.45) is 14.5. The highest BCUT2D eigenvalue weighted by atomic mass is 32.1. The minimum Gasteiger partial charge on any atom is -0.507 e. The standard InChI is InChI=1S/C14H20OS.C8H16.C2H6/c1-5-6-10-7-12(14(2,3)4)8-11(9-16)13(10)15;1-2-4-6-8-7-5-3-1;1-2/h5,7-8,15-16H,1,6,9H2,2-4H3;1-8H2;1-2H3. The van der Waals surface area contributed by atoms with Crippen LogP contribution in [-0.2, 0) is 17.6 Å². The van der Waals surface area contributed by atoms with Crippen LogP contribution in [0.15, 0.2) is 24.8 Å². The Balaban J connectivity index is 0.000000522. The van der Waals surface area contributed by atoms with Crippen LogP contribution in [0.2, 0.25) is 0 Å². The summed E-state index contributed by atoms with van der Waals surface area (Å²) in [4.78, 5) is 0. The molecule has 2 heteroatoms. The fourth-order valence-electron chi connectivity index (χ4n) is 3.04. The molecular weight excluding hydrogens is 336 g/mol. The van der Waals surface area contributed by atoms with Gasteiger partial charge in [-0.3, -0.25) is 0 Å². The maximum atomic E-state index is 10.0. The van der Waals surface area contributed by atoms with Crippen molar-refractivity contribution in [3.63, 3.8) is 0 Å². The van der Waals surface area contributed by atoms with Crippen molar-refractivity contribution in [2.45, 2.75) is 104 Å². The summed E-state index contributed by atoms with van der Waals surface area (Å²) in [5.41, 5.74) is 3.15. The topological polar surface area (TPSA) is 20.2 Å². The summed E-state index contributed by atoms with van der Waals surface area (Å²) >= 11 is 4.25. The Hall–Kier alpha value is -0.890. The molecule has 26 heavy (non-hydrogen) atoms. The Morgan fingerprint density at radius 2 is 1.31 bits per heavy atom. The van der Waals surface area contributed by atoms with Crippen molar-refractivity contribution in [2.24, 2.45) is 0 Å². The Labute approximate surface area is 168 Å². The second-order valence-electron chi connectivity index (χ2n) is 7.87.